The Kier molecular flexibility index (Phi) is 29.7. The average molecular weight is 570 g/mol. The van der Waals surface area contributed by atoms with Crippen LogP contribution in [-0.2, 0) is 8.85 Å². The summed E-state index contributed by atoms with van der Waals surface area (Å²) in [6.07, 6.45) is 38.6. The summed E-state index contributed by atoms with van der Waals surface area (Å²) in [5.74, 6) is 0. The van der Waals surface area contributed by atoms with Crippen molar-refractivity contribution in [2.45, 2.75) is 199 Å². The van der Waals surface area contributed by atoms with Crippen LogP contribution in [0.25, 0.3) is 0 Å². The van der Waals surface area contributed by atoms with Crippen LogP contribution in [0, 0.1) is 0 Å². The van der Waals surface area contributed by atoms with Crippen LogP contribution in [0.3, 0.4) is 0 Å². The first-order valence-corrected chi connectivity index (χ1v) is 20.3. The molecule has 1 unspecified atom stereocenters. The molecule has 0 aliphatic rings. The van der Waals surface area contributed by atoms with Crippen molar-refractivity contribution in [3.8, 4) is 0 Å². The molecule has 0 radical (unpaired) electrons. The molecule has 0 heterocycles. The summed E-state index contributed by atoms with van der Waals surface area (Å²) in [5.41, 5.74) is 0. The lowest BCUT2D eigenvalue weighted by atomic mass is 9.99. The third-order valence-electron chi connectivity index (χ3n) is 9.15. The van der Waals surface area contributed by atoms with Crippen molar-refractivity contribution in [2.24, 2.45) is 0 Å². The molecule has 0 aliphatic heterocycles. The van der Waals surface area contributed by atoms with E-state index in [4.69, 9.17) is 8.85 Å². The van der Waals surface area contributed by atoms with Gasteiger partial charge in [-0.1, -0.05) is 167 Å². The van der Waals surface area contributed by atoms with Crippen molar-refractivity contribution in [2.75, 3.05) is 28.3 Å². The fraction of sp³-hybridized carbons (Fsp3) is 1.00. The van der Waals surface area contributed by atoms with E-state index < -0.39 is 8.56 Å². The van der Waals surface area contributed by atoms with E-state index in [1.807, 2.05) is 0 Å². The molecule has 0 N–H and O–H groups in total. The molecule has 0 aliphatic carbocycles. The molecule has 0 spiro atoms. The molecule has 0 aromatic carbocycles. The zero-order chi connectivity index (χ0) is 28.9. The highest BCUT2D eigenvalue weighted by molar-refractivity contribution is 6.65. The van der Waals surface area contributed by atoms with Crippen LogP contribution >= 0.6 is 0 Å². The van der Waals surface area contributed by atoms with Gasteiger partial charge in [-0.05, 0) is 39.5 Å². The van der Waals surface area contributed by atoms with Gasteiger partial charge in [-0.3, -0.25) is 0 Å². The molecule has 0 saturated carbocycles. The molecular weight excluding hydrogens is 494 g/mol. The lowest BCUT2D eigenvalue weighted by Gasteiger charge is -2.24. The number of hydrogen-bond donors (Lipinski definition) is 0. The van der Waals surface area contributed by atoms with E-state index in [9.17, 15) is 0 Å². The molecule has 4 heteroatoms. The van der Waals surface area contributed by atoms with Crippen molar-refractivity contribution in [3.63, 3.8) is 0 Å². The minimum atomic E-state index is -1.83. The Labute approximate surface area is 249 Å². The molecule has 0 aromatic heterocycles. The number of nitrogens with zero attached hydrogens (tertiary/aromatic N) is 1. The smallest absolute Gasteiger partial charge is 0.334 e. The molecule has 0 amide bonds. The van der Waals surface area contributed by atoms with Crippen molar-refractivity contribution < 1.29 is 8.85 Å². The van der Waals surface area contributed by atoms with E-state index in [2.05, 4.69) is 32.5 Å². The van der Waals surface area contributed by atoms with Gasteiger partial charge in [0.2, 0.25) is 0 Å². The third kappa shape index (κ3) is 26.7. The maximum Gasteiger partial charge on any atom is 0.334 e. The van der Waals surface area contributed by atoms with Gasteiger partial charge in [-0.2, -0.15) is 0 Å². The Balaban J connectivity index is 3.46. The van der Waals surface area contributed by atoms with Gasteiger partial charge in [-0.15, -0.1) is 0 Å². The molecule has 0 aromatic rings. The van der Waals surface area contributed by atoms with Gasteiger partial charge < -0.3 is 13.8 Å². The monoisotopic (exact) mass is 570 g/mol. The Morgan fingerprint density at radius 1 is 0.462 bits per heavy atom. The predicted octanol–water partition coefficient (Wildman–Crippen LogP) is 11.8. The highest BCUT2D eigenvalue weighted by Crippen LogP contribution is 2.20. The van der Waals surface area contributed by atoms with Crippen LogP contribution < -0.4 is 0 Å². The second-order valence-corrected chi connectivity index (χ2v) is 16.6. The molecule has 0 rings (SSSR count). The zero-order valence-corrected chi connectivity index (χ0v) is 29.1. The van der Waals surface area contributed by atoms with E-state index in [-0.39, 0.29) is 0 Å². The summed E-state index contributed by atoms with van der Waals surface area (Å²) in [5, 5.41) is 0. The molecule has 236 valence electrons. The standard InChI is InChI=1S/C35H75NO2Si/c1-7-8-9-10-11-12-13-14-15-16-17-20-23-26-29-32-35(36(2)3)33-30-27-24-21-18-19-22-25-28-31-34-39(6,37-4)38-5/h35H,7-34H2,1-6H3. The zero-order valence-electron chi connectivity index (χ0n) is 28.1. The van der Waals surface area contributed by atoms with E-state index >= 15 is 0 Å². The van der Waals surface area contributed by atoms with E-state index in [0.29, 0.717) is 0 Å². The lowest BCUT2D eigenvalue weighted by Crippen LogP contribution is -2.35. The molecule has 3 nitrogen and oxygen atoms in total. The van der Waals surface area contributed by atoms with Crippen molar-refractivity contribution in [1.29, 1.82) is 0 Å². The van der Waals surface area contributed by atoms with Gasteiger partial charge in [0, 0.05) is 20.3 Å². The fourth-order valence-corrected chi connectivity index (χ4v) is 7.41. The molecule has 0 saturated heterocycles. The maximum absolute atomic E-state index is 5.58. The maximum atomic E-state index is 5.58. The Bertz CT molecular complexity index is 470. The van der Waals surface area contributed by atoms with Gasteiger partial charge >= 0.3 is 8.56 Å². The molecule has 0 bridgehead atoms. The quantitative estimate of drug-likeness (QED) is 0.0594. The van der Waals surface area contributed by atoms with E-state index in [1.54, 1.807) is 14.2 Å². The minimum Gasteiger partial charge on any atom is -0.398 e. The third-order valence-corrected chi connectivity index (χ3v) is 12.1. The summed E-state index contributed by atoms with van der Waals surface area (Å²) in [7, 11) is 6.36. The summed E-state index contributed by atoms with van der Waals surface area (Å²) < 4.78 is 11.2. The predicted molar refractivity (Wildman–Crippen MR) is 178 cm³/mol. The molecule has 1 atom stereocenters. The van der Waals surface area contributed by atoms with E-state index in [0.717, 1.165) is 12.1 Å². The molecule has 39 heavy (non-hydrogen) atoms. The number of hydrogen-bond acceptors (Lipinski definition) is 3. The lowest BCUT2D eigenvalue weighted by molar-refractivity contribution is 0.248. The van der Waals surface area contributed by atoms with Gasteiger partial charge in [0.25, 0.3) is 0 Å². The van der Waals surface area contributed by atoms with Crippen LogP contribution in [0.15, 0.2) is 0 Å². The van der Waals surface area contributed by atoms with Crippen LogP contribution in [0.1, 0.15) is 180 Å². The van der Waals surface area contributed by atoms with Gasteiger partial charge in [-0.25, -0.2) is 0 Å². The molecule has 0 fully saturated rings. The highest BCUT2D eigenvalue weighted by atomic mass is 28.4. The summed E-state index contributed by atoms with van der Waals surface area (Å²) in [6, 6.07) is 1.93. The van der Waals surface area contributed by atoms with Gasteiger partial charge in [0.05, 0.1) is 0 Å². The average Bonchev–Trinajstić information content (AvgIpc) is 2.94. The van der Waals surface area contributed by atoms with Crippen LogP contribution in [-0.4, -0.2) is 47.8 Å². The largest absolute Gasteiger partial charge is 0.398 e. The summed E-state index contributed by atoms with van der Waals surface area (Å²) >= 11 is 0. The van der Waals surface area contributed by atoms with Gasteiger partial charge in [0.15, 0.2) is 0 Å². The van der Waals surface area contributed by atoms with Crippen LogP contribution in [0.2, 0.25) is 12.6 Å². The second kappa shape index (κ2) is 29.6. The minimum absolute atomic E-state index is 0.799. The molecular formula is C35H75NO2Si. The van der Waals surface area contributed by atoms with Crippen molar-refractivity contribution >= 4 is 8.56 Å². The SMILES string of the molecule is CCCCCCCCCCCCCCCCCC(CCCCCCCCCCCC[Si](C)(OC)OC)N(C)C. The van der Waals surface area contributed by atoms with Crippen LogP contribution in [0.5, 0.6) is 0 Å². The van der Waals surface area contributed by atoms with Crippen LogP contribution in [0.4, 0.5) is 0 Å². The Morgan fingerprint density at radius 3 is 1.03 bits per heavy atom. The first kappa shape index (κ1) is 39.1. The number of unbranched alkanes of at least 4 members (excludes halogenated alkanes) is 23. The van der Waals surface area contributed by atoms with Gasteiger partial charge in [0.1, 0.15) is 0 Å². The summed E-state index contributed by atoms with van der Waals surface area (Å²) in [4.78, 5) is 2.49. The Morgan fingerprint density at radius 2 is 0.744 bits per heavy atom. The second-order valence-electron chi connectivity index (χ2n) is 13.0. The summed E-state index contributed by atoms with van der Waals surface area (Å²) in [6.45, 7) is 4.48. The Hall–Kier alpha value is 0.0969. The normalized spacial score (nSPS) is 13.0. The van der Waals surface area contributed by atoms with Crippen molar-refractivity contribution in [3.05, 3.63) is 0 Å². The van der Waals surface area contributed by atoms with Crippen molar-refractivity contribution in [1.82, 2.24) is 4.90 Å². The number of rotatable bonds is 32. The highest BCUT2D eigenvalue weighted by Gasteiger charge is 2.27. The first-order valence-electron chi connectivity index (χ1n) is 17.8. The van der Waals surface area contributed by atoms with E-state index in [1.165, 1.54) is 173 Å². The topological polar surface area (TPSA) is 21.7 Å². The fourth-order valence-electron chi connectivity index (χ4n) is 5.94. The first-order chi connectivity index (χ1) is 19.0.